The van der Waals surface area contributed by atoms with Gasteiger partial charge in [0.15, 0.2) is 0 Å². The summed E-state index contributed by atoms with van der Waals surface area (Å²) in [6, 6.07) is 17.1. The van der Waals surface area contributed by atoms with Gasteiger partial charge in [0.25, 0.3) is 11.8 Å². The summed E-state index contributed by atoms with van der Waals surface area (Å²) in [6.45, 7) is 7.69. The van der Waals surface area contributed by atoms with Gasteiger partial charge in [-0.2, -0.15) is 5.10 Å². The Kier molecular flexibility index (Phi) is 7.34. The van der Waals surface area contributed by atoms with E-state index in [1.807, 2.05) is 61.2 Å². The minimum absolute atomic E-state index is 0.00850. The first kappa shape index (κ1) is 24.0. The van der Waals surface area contributed by atoms with Crippen LogP contribution in [0.2, 0.25) is 5.15 Å². The van der Waals surface area contributed by atoms with E-state index in [2.05, 4.69) is 10.4 Å². The molecule has 1 fully saturated rings. The monoisotopic (exact) mass is 480 g/mol. The number of morpholine rings is 1. The average Bonchev–Trinajstić information content (AvgIpc) is 3.10. The summed E-state index contributed by atoms with van der Waals surface area (Å²) in [4.78, 5) is 27.5. The van der Waals surface area contributed by atoms with Crippen molar-refractivity contribution in [3.8, 4) is 0 Å². The van der Waals surface area contributed by atoms with Crippen LogP contribution >= 0.6 is 11.6 Å². The van der Waals surface area contributed by atoms with Crippen LogP contribution in [0.1, 0.15) is 51.4 Å². The topological polar surface area (TPSA) is 76.5 Å². The Morgan fingerprint density at radius 1 is 1.03 bits per heavy atom. The molecule has 2 atom stereocenters. The predicted molar refractivity (Wildman–Crippen MR) is 131 cm³/mol. The van der Waals surface area contributed by atoms with Crippen LogP contribution in [0.5, 0.6) is 0 Å². The fourth-order valence-electron chi connectivity index (χ4n) is 4.23. The average molecular weight is 481 g/mol. The van der Waals surface area contributed by atoms with Crippen LogP contribution in [0.25, 0.3) is 0 Å². The quantitative estimate of drug-likeness (QED) is 0.577. The van der Waals surface area contributed by atoms with Crippen molar-refractivity contribution in [3.63, 3.8) is 0 Å². The zero-order valence-corrected chi connectivity index (χ0v) is 20.4. The van der Waals surface area contributed by atoms with Gasteiger partial charge in [0.05, 0.1) is 30.0 Å². The van der Waals surface area contributed by atoms with Crippen LogP contribution in [-0.4, -0.2) is 51.8 Å². The molecule has 0 bridgehead atoms. The number of carbonyl (C=O) groups is 2. The Morgan fingerprint density at radius 3 is 2.32 bits per heavy atom. The lowest BCUT2D eigenvalue weighted by atomic mass is 10.1. The first-order valence-corrected chi connectivity index (χ1v) is 11.8. The molecule has 7 nitrogen and oxygen atoms in total. The molecule has 3 aromatic rings. The Labute approximate surface area is 204 Å². The third-order valence-corrected chi connectivity index (χ3v) is 6.21. The number of hydrogen-bond donors (Lipinski definition) is 1. The zero-order chi connectivity index (χ0) is 24.2. The van der Waals surface area contributed by atoms with E-state index < -0.39 is 0 Å². The molecule has 0 aliphatic carbocycles. The number of aryl methyl sites for hydroxylation is 1. The second kappa shape index (κ2) is 10.4. The molecule has 0 saturated carbocycles. The van der Waals surface area contributed by atoms with E-state index in [1.54, 1.807) is 23.7 Å². The standard InChI is InChI=1S/C26H29ClN4O3/c1-17-14-30(15-18(2)34-17)26(33)22-11-9-20(10-12-22)13-28-25(32)23-19(3)29-31(24(23)27)16-21-7-5-4-6-8-21/h4-12,17-18H,13-16H2,1-3H3,(H,28,32). The van der Waals surface area contributed by atoms with Crippen LogP contribution in [0.3, 0.4) is 0 Å². The minimum Gasteiger partial charge on any atom is -0.372 e. The van der Waals surface area contributed by atoms with E-state index in [0.29, 0.717) is 48.2 Å². The predicted octanol–water partition coefficient (Wildman–Crippen LogP) is 4.07. The lowest BCUT2D eigenvalue weighted by Gasteiger charge is -2.35. The molecule has 4 rings (SSSR count). The van der Waals surface area contributed by atoms with Gasteiger partial charge in [-0.25, -0.2) is 4.68 Å². The number of hydrogen-bond acceptors (Lipinski definition) is 4. The van der Waals surface area contributed by atoms with E-state index in [9.17, 15) is 9.59 Å². The first-order chi connectivity index (χ1) is 16.3. The molecule has 1 aliphatic heterocycles. The van der Waals surface area contributed by atoms with Gasteiger partial charge in [-0.1, -0.05) is 54.1 Å². The number of nitrogens with one attached hydrogen (secondary N) is 1. The third-order valence-electron chi connectivity index (χ3n) is 5.83. The maximum atomic E-state index is 12.8. The van der Waals surface area contributed by atoms with Crippen molar-refractivity contribution in [2.45, 2.75) is 46.1 Å². The number of benzene rings is 2. The van der Waals surface area contributed by atoms with E-state index in [-0.39, 0.29) is 24.0 Å². The molecule has 0 radical (unpaired) electrons. The number of halogens is 1. The van der Waals surface area contributed by atoms with Gasteiger partial charge in [-0.15, -0.1) is 0 Å². The van der Waals surface area contributed by atoms with Crippen molar-refractivity contribution in [2.24, 2.45) is 0 Å². The highest BCUT2D eigenvalue weighted by molar-refractivity contribution is 6.33. The molecular formula is C26H29ClN4O3. The fraction of sp³-hybridized carbons (Fsp3) is 0.346. The lowest BCUT2D eigenvalue weighted by molar-refractivity contribution is -0.0586. The number of rotatable bonds is 6. The molecule has 1 saturated heterocycles. The Hall–Kier alpha value is -3.16. The molecule has 2 amide bonds. The summed E-state index contributed by atoms with van der Waals surface area (Å²) in [5.74, 6) is -0.288. The summed E-state index contributed by atoms with van der Waals surface area (Å²) in [5.41, 5.74) is 3.51. The molecular weight excluding hydrogens is 452 g/mol. The Balaban J connectivity index is 1.37. The number of aromatic nitrogens is 2. The van der Waals surface area contributed by atoms with Crippen LogP contribution in [0, 0.1) is 6.92 Å². The second-order valence-electron chi connectivity index (χ2n) is 8.74. The van der Waals surface area contributed by atoms with Gasteiger partial charge in [-0.05, 0) is 44.0 Å². The van der Waals surface area contributed by atoms with Gasteiger partial charge >= 0.3 is 0 Å². The van der Waals surface area contributed by atoms with Crippen LogP contribution < -0.4 is 5.32 Å². The summed E-state index contributed by atoms with van der Waals surface area (Å²) >= 11 is 6.49. The van der Waals surface area contributed by atoms with Gasteiger partial charge in [-0.3, -0.25) is 9.59 Å². The molecule has 0 spiro atoms. The zero-order valence-electron chi connectivity index (χ0n) is 19.6. The molecule has 1 aliphatic rings. The Bertz CT molecular complexity index is 1150. The lowest BCUT2D eigenvalue weighted by Crippen LogP contribution is -2.48. The van der Waals surface area contributed by atoms with Gasteiger partial charge in [0.1, 0.15) is 5.15 Å². The summed E-state index contributed by atoms with van der Waals surface area (Å²) in [5, 5.41) is 7.66. The van der Waals surface area contributed by atoms with Crippen molar-refractivity contribution in [3.05, 3.63) is 87.7 Å². The van der Waals surface area contributed by atoms with Crippen LogP contribution in [0.15, 0.2) is 54.6 Å². The summed E-state index contributed by atoms with van der Waals surface area (Å²) in [7, 11) is 0. The van der Waals surface area contributed by atoms with Crippen molar-refractivity contribution >= 4 is 23.4 Å². The largest absolute Gasteiger partial charge is 0.372 e. The van der Waals surface area contributed by atoms with Gasteiger partial charge in [0.2, 0.25) is 0 Å². The highest BCUT2D eigenvalue weighted by Gasteiger charge is 2.26. The van der Waals surface area contributed by atoms with Crippen molar-refractivity contribution in [1.29, 1.82) is 0 Å². The van der Waals surface area contributed by atoms with Crippen molar-refractivity contribution in [1.82, 2.24) is 20.0 Å². The number of ether oxygens (including phenoxy) is 1. The second-order valence-corrected chi connectivity index (χ2v) is 9.10. The highest BCUT2D eigenvalue weighted by Crippen LogP contribution is 2.21. The van der Waals surface area contributed by atoms with Gasteiger partial charge < -0.3 is 15.0 Å². The molecule has 2 unspecified atom stereocenters. The third kappa shape index (κ3) is 5.48. The summed E-state index contributed by atoms with van der Waals surface area (Å²) < 4.78 is 7.34. The molecule has 1 N–H and O–H groups in total. The number of amides is 2. The van der Waals surface area contributed by atoms with Crippen molar-refractivity contribution < 1.29 is 14.3 Å². The van der Waals surface area contributed by atoms with E-state index in [1.165, 1.54) is 0 Å². The highest BCUT2D eigenvalue weighted by atomic mass is 35.5. The van der Waals surface area contributed by atoms with Gasteiger partial charge in [0, 0.05) is 25.2 Å². The van der Waals surface area contributed by atoms with E-state index in [4.69, 9.17) is 16.3 Å². The van der Waals surface area contributed by atoms with Crippen molar-refractivity contribution in [2.75, 3.05) is 13.1 Å². The van der Waals surface area contributed by atoms with E-state index in [0.717, 1.165) is 11.1 Å². The molecule has 178 valence electrons. The fourth-order valence-corrected chi connectivity index (χ4v) is 4.55. The molecule has 1 aromatic heterocycles. The number of carbonyl (C=O) groups excluding carboxylic acids is 2. The first-order valence-electron chi connectivity index (χ1n) is 11.4. The molecule has 34 heavy (non-hydrogen) atoms. The SMILES string of the molecule is Cc1nn(Cc2ccccc2)c(Cl)c1C(=O)NCc1ccc(C(=O)N2CC(C)OC(C)C2)cc1. The Morgan fingerprint density at radius 2 is 1.68 bits per heavy atom. The maximum absolute atomic E-state index is 12.8. The normalized spacial score (nSPS) is 18.1. The smallest absolute Gasteiger partial charge is 0.256 e. The van der Waals surface area contributed by atoms with Crippen LogP contribution in [0.4, 0.5) is 0 Å². The maximum Gasteiger partial charge on any atom is 0.256 e. The van der Waals surface area contributed by atoms with Crippen LogP contribution in [-0.2, 0) is 17.8 Å². The summed E-state index contributed by atoms with van der Waals surface area (Å²) in [6.07, 6.45) is 0.0454. The number of nitrogens with zero attached hydrogens (tertiary/aromatic N) is 3. The molecule has 2 heterocycles. The molecule has 8 heteroatoms. The minimum atomic E-state index is -0.279. The molecule has 2 aromatic carbocycles. The van der Waals surface area contributed by atoms with E-state index >= 15 is 0 Å².